The molecule has 27 heavy (non-hydrogen) atoms. The van der Waals surface area contributed by atoms with Gasteiger partial charge in [-0.25, -0.2) is 4.79 Å². The van der Waals surface area contributed by atoms with Crippen LogP contribution in [-0.4, -0.2) is 53.0 Å². The number of nitrogens with one attached hydrogen (secondary N) is 2. The highest BCUT2D eigenvalue weighted by molar-refractivity contribution is 5.74. The highest BCUT2D eigenvalue weighted by atomic mass is 16.5. The van der Waals surface area contributed by atoms with Gasteiger partial charge in [-0.3, -0.25) is 5.10 Å². The van der Waals surface area contributed by atoms with Crippen molar-refractivity contribution < 1.29 is 9.53 Å². The first-order chi connectivity index (χ1) is 13.1. The van der Waals surface area contributed by atoms with Crippen molar-refractivity contribution in [3.63, 3.8) is 0 Å². The van der Waals surface area contributed by atoms with Gasteiger partial charge in [0.1, 0.15) is 0 Å². The average Bonchev–Trinajstić information content (AvgIpc) is 3.21. The van der Waals surface area contributed by atoms with Crippen molar-refractivity contribution in [3.8, 4) is 0 Å². The van der Waals surface area contributed by atoms with Crippen molar-refractivity contribution in [2.45, 2.75) is 77.4 Å². The Kier molecular flexibility index (Phi) is 7.16. The predicted molar refractivity (Wildman–Crippen MR) is 107 cm³/mol. The summed E-state index contributed by atoms with van der Waals surface area (Å²) in [5, 5.41) is 10.2. The SMILES string of the molecule is CCNC(=O)N1CCCC(c2ccn[nH]2)C1COC1CCC(C(C)C)CC1. The van der Waals surface area contributed by atoms with Gasteiger partial charge in [-0.2, -0.15) is 5.10 Å². The lowest BCUT2D eigenvalue weighted by Crippen LogP contribution is -2.53. The number of hydrogen-bond acceptors (Lipinski definition) is 3. The molecule has 2 atom stereocenters. The van der Waals surface area contributed by atoms with E-state index in [0.29, 0.717) is 19.3 Å². The number of aromatic nitrogens is 2. The van der Waals surface area contributed by atoms with E-state index in [9.17, 15) is 4.79 Å². The number of aromatic amines is 1. The van der Waals surface area contributed by atoms with Crippen molar-refractivity contribution in [3.05, 3.63) is 18.0 Å². The van der Waals surface area contributed by atoms with Gasteiger partial charge in [0.25, 0.3) is 0 Å². The van der Waals surface area contributed by atoms with Gasteiger partial charge in [0.2, 0.25) is 0 Å². The highest BCUT2D eigenvalue weighted by Crippen LogP contribution is 2.34. The Morgan fingerprint density at radius 1 is 1.33 bits per heavy atom. The van der Waals surface area contributed by atoms with Crippen molar-refractivity contribution in [1.29, 1.82) is 0 Å². The molecule has 0 bridgehead atoms. The summed E-state index contributed by atoms with van der Waals surface area (Å²) in [7, 11) is 0. The van der Waals surface area contributed by atoms with Gasteiger partial charge >= 0.3 is 6.03 Å². The lowest BCUT2D eigenvalue weighted by Gasteiger charge is -2.41. The summed E-state index contributed by atoms with van der Waals surface area (Å²) in [4.78, 5) is 14.6. The number of H-pyrrole nitrogens is 1. The van der Waals surface area contributed by atoms with Gasteiger partial charge in [-0.15, -0.1) is 0 Å². The highest BCUT2D eigenvalue weighted by Gasteiger charge is 2.37. The third-order valence-corrected chi connectivity index (χ3v) is 6.45. The molecule has 2 amide bonds. The lowest BCUT2D eigenvalue weighted by atomic mass is 9.80. The molecule has 1 aromatic heterocycles. The standard InChI is InChI=1S/C21H36N4O2/c1-4-22-21(26)25-13-5-6-18(19-11-12-23-24-19)20(25)14-27-17-9-7-16(8-10-17)15(2)3/h11-12,15-18,20H,4-10,13-14H2,1-3H3,(H,22,26)(H,23,24). The Morgan fingerprint density at radius 3 is 2.74 bits per heavy atom. The van der Waals surface area contributed by atoms with Crippen LogP contribution in [-0.2, 0) is 4.74 Å². The molecule has 2 aliphatic rings. The quantitative estimate of drug-likeness (QED) is 0.790. The summed E-state index contributed by atoms with van der Waals surface area (Å²) in [6.07, 6.45) is 9.01. The smallest absolute Gasteiger partial charge is 0.317 e. The van der Waals surface area contributed by atoms with E-state index in [1.54, 1.807) is 6.20 Å². The fourth-order valence-corrected chi connectivity index (χ4v) is 4.76. The minimum Gasteiger partial charge on any atom is -0.376 e. The van der Waals surface area contributed by atoms with Crippen LogP contribution in [0.5, 0.6) is 0 Å². The summed E-state index contributed by atoms with van der Waals surface area (Å²) in [6, 6.07) is 2.12. The van der Waals surface area contributed by atoms with E-state index < -0.39 is 0 Å². The predicted octanol–water partition coefficient (Wildman–Crippen LogP) is 3.92. The minimum absolute atomic E-state index is 0.0267. The monoisotopic (exact) mass is 376 g/mol. The third-order valence-electron chi connectivity index (χ3n) is 6.45. The third kappa shape index (κ3) is 5.03. The number of ether oxygens (including phenoxy) is 1. The summed E-state index contributed by atoms with van der Waals surface area (Å²) in [5.74, 6) is 1.86. The number of piperidine rings is 1. The summed E-state index contributed by atoms with van der Waals surface area (Å²) < 4.78 is 6.38. The van der Waals surface area contributed by atoms with Crippen molar-refractivity contribution in [1.82, 2.24) is 20.4 Å². The molecule has 1 saturated heterocycles. The Labute approximate surface area is 163 Å². The van der Waals surface area contributed by atoms with E-state index in [4.69, 9.17) is 4.74 Å². The second-order valence-electron chi connectivity index (χ2n) is 8.47. The van der Waals surface area contributed by atoms with Crippen LogP contribution in [0.1, 0.15) is 70.9 Å². The Hall–Kier alpha value is -1.56. The first-order valence-corrected chi connectivity index (χ1v) is 10.8. The molecule has 1 aromatic rings. The topological polar surface area (TPSA) is 70.2 Å². The molecular weight excluding hydrogens is 340 g/mol. The zero-order valence-electron chi connectivity index (χ0n) is 17.1. The van der Waals surface area contributed by atoms with Crippen LogP contribution in [0.25, 0.3) is 0 Å². The molecule has 0 aromatic carbocycles. The van der Waals surface area contributed by atoms with E-state index >= 15 is 0 Å². The number of likely N-dealkylation sites (tertiary alicyclic amines) is 1. The fourth-order valence-electron chi connectivity index (χ4n) is 4.76. The Balaban J connectivity index is 1.64. The maximum absolute atomic E-state index is 12.6. The molecule has 6 nitrogen and oxygen atoms in total. The van der Waals surface area contributed by atoms with Crippen LogP contribution in [0.3, 0.4) is 0 Å². The zero-order chi connectivity index (χ0) is 19.2. The number of hydrogen-bond donors (Lipinski definition) is 2. The lowest BCUT2D eigenvalue weighted by molar-refractivity contribution is -0.0238. The van der Waals surface area contributed by atoms with E-state index in [1.165, 1.54) is 12.8 Å². The second kappa shape index (κ2) is 9.58. The fraction of sp³-hybridized carbons (Fsp3) is 0.810. The molecule has 3 rings (SSSR count). The molecule has 2 unspecified atom stereocenters. The number of rotatable bonds is 6. The van der Waals surface area contributed by atoms with Crippen LogP contribution < -0.4 is 5.32 Å². The molecule has 2 fully saturated rings. The molecule has 0 radical (unpaired) electrons. The molecule has 6 heteroatoms. The van der Waals surface area contributed by atoms with E-state index in [0.717, 1.165) is 49.8 Å². The molecule has 1 aliphatic carbocycles. The first-order valence-electron chi connectivity index (χ1n) is 10.8. The Morgan fingerprint density at radius 2 is 2.11 bits per heavy atom. The molecule has 2 heterocycles. The normalized spacial score (nSPS) is 29.1. The zero-order valence-corrected chi connectivity index (χ0v) is 17.1. The molecule has 0 spiro atoms. The average molecular weight is 377 g/mol. The first kappa shape index (κ1) is 20.2. The largest absolute Gasteiger partial charge is 0.376 e. The van der Waals surface area contributed by atoms with Crippen molar-refractivity contribution in [2.75, 3.05) is 19.7 Å². The Bertz CT molecular complexity index is 567. The molecule has 152 valence electrons. The molecule has 1 saturated carbocycles. The number of carbonyl (C=O) groups excluding carboxylic acids is 1. The number of urea groups is 1. The summed E-state index contributed by atoms with van der Waals surface area (Å²) in [5.41, 5.74) is 1.11. The number of amides is 2. The van der Waals surface area contributed by atoms with Gasteiger partial charge in [-0.1, -0.05) is 13.8 Å². The number of nitrogens with zero attached hydrogens (tertiary/aromatic N) is 2. The van der Waals surface area contributed by atoms with Crippen LogP contribution in [0.4, 0.5) is 4.79 Å². The van der Waals surface area contributed by atoms with E-state index in [2.05, 4.69) is 29.4 Å². The second-order valence-corrected chi connectivity index (χ2v) is 8.47. The van der Waals surface area contributed by atoms with E-state index in [-0.39, 0.29) is 18.0 Å². The summed E-state index contributed by atoms with van der Waals surface area (Å²) in [6.45, 7) is 8.67. The molecule has 1 aliphatic heterocycles. The van der Waals surface area contributed by atoms with Crippen LogP contribution in [0.15, 0.2) is 12.3 Å². The van der Waals surface area contributed by atoms with Crippen molar-refractivity contribution in [2.24, 2.45) is 11.8 Å². The van der Waals surface area contributed by atoms with E-state index in [1.807, 2.05) is 17.9 Å². The van der Waals surface area contributed by atoms with Gasteiger partial charge in [0, 0.05) is 30.9 Å². The van der Waals surface area contributed by atoms with Gasteiger partial charge in [0.05, 0.1) is 18.8 Å². The maximum Gasteiger partial charge on any atom is 0.317 e. The minimum atomic E-state index is 0.0267. The van der Waals surface area contributed by atoms with Crippen LogP contribution in [0, 0.1) is 11.8 Å². The van der Waals surface area contributed by atoms with Crippen molar-refractivity contribution >= 4 is 6.03 Å². The number of carbonyl (C=O) groups is 1. The summed E-state index contributed by atoms with van der Waals surface area (Å²) >= 11 is 0. The molecular formula is C21H36N4O2. The van der Waals surface area contributed by atoms with Gasteiger partial charge in [0.15, 0.2) is 0 Å². The van der Waals surface area contributed by atoms with Gasteiger partial charge in [-0.05, 0) is 63.4 Å². The van der Waals surface area contributed by atoms with Gasteiger partial charge < -0.3 is 15.0 Å². The van der Waals surface area contributed by atoms with Crippen LogP contribution in [0.2, 0.25) is 0 Å². The molecule has 2 N–H and O–H groups in total. The van der Waals surface area contributed by atoms with Crippen LogP contribution >= 0.6 is 0 Å². The maximum atomic E-state index is 12.6.